The summed E-state index contributed by atoms with van der Waals surface area (Å²) in [6.07, 6.45) is 0. The molecule has 0 saturated carbocycles. The molecule has 2 aromatic carbocycles. The Morgan fingerprint density at radius 3 is 2.15 bits per heavy atom. The quantitative estimate of drug-likeness (QED) is 0.405. The summed E-state index contributed by atoms with van der Waals surface area (Å²) in [5.41, 5.74) is 3.62. The van der Waals surface area contributed by atoms with Crippen LogP contribution in [-0.4, -0.2) is 36.4 Å². The Bertz CT molecular complexity index is 1310. The molecule has 0 unspecified atom stereocenters. The van der Waals surface area contributed by atoms with E-state index < -0.39 is 6.04 Å². The van der Waals surface area contributed by atoms with Crippen LogP contribution in [0.25, 0.3) is 10.9 Å². The Hall–Kier alpha value is -4.00. The van der Waals surface area contributed by atoms with Crippen LogP contribution in [0, 0.1) is 13.8 Å². The molecule has 1 atom stereocenters. The van der Waals surface area contributed by atoms with Crippen molar-refractivity contribution in [3.8, 4) is 23.0 Å². The number of anilines is 1. The van der Waals surface area contributed by atoms with Crippen LogP contribution in [0.2, 0.25) is 0 Å². The van der Waals surface area contributed by atoms with Gasteiger partial charge in [-0.2, -0.15) is 0 Å². The zero-order valence-corrected chi connectivity index (χ0v) is 19.3. The maximum Gasteiger partial charge on any atom is 0.203 e. The van der Waals surface area contributed by atoms with Gasteiger partial charge in [0.25, 0.3) is 0 Å². The second-order valence-corrected chi connectivity index (χ2v) is 7.69. The topological polar surface area (TPSA) is 85.7 Å². The number of aromatic nitrogens is 2. The Morgan fingerprint density at radius 1 is 0.758 bits per heavy atom. The van der Waals surface area contributed by atoms with Gasteiger partial charge in [0.15, 0.2) is 11.5 Å². The number of nitrogens with one attached hydrogen (secondary N) is 1. The molecule has 0 spiro atoms. The molecule has 170 valence electrons. The average molecular weight is 446 g/mol. The summed E-state index contributed by atoms with van der Waals surface area (Å²) in [5, 5.41) is 15.6. The number of nitrogens with zero attached hydrogens (tertiary/aromatic N) is 2. The molecule has 0 aliphatic rings. The number of methoxy groups -OCH3 is 3. The van der Waals surface area contributed by atoms with Crippen molar-refractivity contribution in [2.24, 2.45) is 0 Å². The van der Waals surface area contributed by atoms with E-state index in [1.807, 2.05) is 68.4 Å². The first-order chi connectivity index (χ1) is 16.0. The molecular weight excluding hydrogens is 418 g/mol. The lowest BCUT2D eigenvalue weighted by Crippen LogP contribution is -2.15. The third-order valence-corrected chi connectivity index (χ3v) is 5.54. The van der Waals surface area contributed by atoms with Gasteiger partial charge in [0.05, 0.1) is 27.4 Å². The Morgan fingerprint density at radius 2 is 1.45 bits per heavy atom. The van der Waals surface area contributed by atoms with Crippen LogP contribution >= 0.6 is 0 Å². The number of phenols is 1. The van der Waals surface area contributed by atoms with Gasteiger partial charge in [-0.1, -0.05) is 24.3 Å². The van der Waals surface area contributed by atoms with Crippen molar-refractivity contribution in [1.82, 2.24) is 9.97 Å². The van der Waals surface area contributed by atoms with Crippen LogP contribution in [-0.2, 0) is 0 Å². The van der Waals surface area contributed by atoms with E-state index in [1.54, 1.807) is 21.3 Å². The first-order valence-electron chi connectivity index (χ1n) is 10.5. The number of ether oxygens (including phenoxy) is 3. The van der Waals surface area contributed by atoms with Crippen LogP contribution < -0.4 is 19.5 Å². The first-order valence-corrected chi connectivity index (χ1v) is 10.5. The molecule has 2 aromatic heterocycles. The molecule has 2 N–H and O–H groups in total. The molecule has 33 heavy (non-hydrogen) atoms. The zero-order valence-electron chi connectivity index (χ0n) is 19.3. The van der Waals surface area contributed by atoms with Gasteiger partial charge < -0.3 is 24.6 Å². The van der Waals surface area contributed by atoms with Gasteiger partial charge in [-0.15, -0.1) is 0 Å². The highest BCUT2D eigenvalue weighted by Gasteiger charge is 2.27. The van der Waals surface area contributed by atoms with Gasteiger partial charge >= 0.3 is 0 Å². The summed E-state index contributed by atoms with van der Waals surface area (Å²) in [4.78, 5) is 9.16. The average Bonchev–Trinajstić information content (AvgIpc) is 2.82. The lowest BCUT2D eigenvalue weighted by molar-refractivity contribution is 0.321. The van der Waals surface area contributed by atoms with Crippen LogP contribution in [0.3, 0.4) is 0 Å². The first kappa shape index (κ1) is 22.2. The molecule has 0 radical (unpaired) electrons. The number of pyridine rings is 2. The summed E-state index contributed by atoms with van der Waals surface area (Å²) in [6, 6.07) is 16.6. The number of hydrogen-bond donors (Lipinski definition) is 2. The minimum Gasteiger partial charge on any atom is -0.505 e. The Balaban J connectivity index is 1.96. The van der Waals surface area contributed by atoms with Crippen molar-refractivity contribution in [2.75, 3.05) is 26.6 Å². The number of fused-ring (bicyclic) bond motifs is 1. The van der Waals surface area contributed by atoms with Crippen molar-refractivity contribution in [1.29, 1.82) is 0 Å². The Kier molecular flexibility index (Phi) is 6.22. The molecule has 4 aromatic rings. The molecular formula is C26H27N3O4. The molecule has 2 heterocycles. The van der Waals surface area contributed by atoms with Crippen molar-refractivity contribution in [2.45, 2.75) is 19.9 Å². The van der Waals surface area contributed by atoms with Crippen LogP contribution in [0.15, 0.2) is 54.6 Å². The third kappa shape index (κ3) is 4.22. The maximum atomic E-state index is 11.3. The molecule has 0 aliphatic carbocycles. The van der Waals surface area contributed by atoms with Crippen molar-refractivity contribution in [3.63, 3.8) is 0 Å². The largest absolute Gasteiger partial charge is 0.505 e. The standard InChI is InChI=1S/C26H27N3O4/c1-15-7-6-8-21(27-15)29-23(19-13-14-20(31-3)26(33-5)25(19)32-4)18-12-11-17-10-9-16(2)28-22(17)24(18)30/h6-14,23,30H,1-5H3,(H,27,29)/t23-/m0/s1. The van der Waals surface area contributed by atoms with Crippen molar-refractivity contribution >= 4 is 16.7 Å². The SMILES string of the molecule is COc1ccc([C@@H](Nc2cccc(C)n2)c2ccc3ccc(C)nc3c2O)c(OC)c1OC. The van der Waals surface area contributed by atoms with E-state index in [0.717, 1.165) is 22.3 Å². The predicted molar refractivity (Wildman–Crippen MR) is 129 cm³/mol. The van der Waals surface area contributed by atoms with Crippen LogP contribution in [0.4, 0.5) is 5.82 Å². The number of rotatable bonds is 7. The highest BCUT2D eigenvalue weighted by Crippen LogP contribution is 2.46. The maximum absolute atomic E-state index is 11.3. The van der Waals surface area contributed by atoms with Gasteiger partial charge in [0, 0.05) is 27.9 Å². The predicted octanol–water partition coefficient (Wildman–Crippen LogP) is 5.18. The molecule has 4 rings (SSSR count). The number of aromatic hydroxyl groups is 1. The summed E-state index contributed by atoms with van der Waals surface area (Å²) in [5.74, 6) is 2.27. The normalized spacial score (nSPS) is 11.8. The van der Waals surface area contributed by atoms with E-state index in [-0.39, 0.29) is 5.75 Å². The monoisotopic (exact) mass is 445 g/mol. The van der Waals surface area contributed by atoms with E-state index in [2.05, 4.69) is 15.3 Å². The summed E-state index contributed by atoms with van der Waals surface area (Å²) in [6.45, 7) is 3.83. The fourth-order valence-electron chi connectivity index (χ4n) is 3.97. The number of aryl methyl sites for hydroxylation is 2. The third-order valence-electron chi connectivity index (χ3n) is 5.54. The van der Waals surface area contributed by atoms with Gasteiger partial charge in [-0.25, -0.2) is 9.97 Å². The summed E-state index contributed by atoms with van der Waals surface area (Å²) < 4.78 is 16.8. The second kappa shape index (κ2) is 9.24. The highest BCUT2D eigenvalue weighted by molar-refractivity contribution is 5.86. The van der Waals surface area contributed by atoms with Crippen molar-refractivity contribution < 1.29 is 19.3 Å². The summed E-state index contributed by atoms with van der Waals surface area (Å²) >= 11 is 0. The van der Waals surface area contributed by atoms with E-state index >= 15 is 0 Å². The van der Waals surface area contributed by atoms with Gasteiger partial charge in [-0.3, -0.25) is 0 Å². The molecule has 0 aliphatic heterocycles. The number of hydrogen-bond acceptors (Lipinski definition) is 7. The molecule has 7 heteroatoms. The zero-order chi connectivity index (χ0) is 23.5. The minimum atomic E-state index is -0.513. The van der Waals surface area contributed by atoms with E-state index in [4.69, 9.17) is 14.2 Å². The molecule has 0 bridgehead atoms. The van der Waals surface area contributed by atoms with Gasteiger partial charge in [-0.05, 0) is 44.2 Å². The van der Waals surface area contributed by atoms with E-state index in [9.17, 15) is 5.11 Å². The molecule has 7 nitrogen and oxygen atoms in total. The van der Waals surface area contributed by atoms with Crippen LogP contribution in [0.5, 0.6) is 23.0 Å². The second-order valence-electron chi connectivity index (χ2n) is 7.69. The Labute approximate surface area is 193 Å². The van der Waals surface area contributed by atoms with Crippen LogP contribution in [0.1, 0.15) is 28.6 Å². The molecule has 0 amide bonds. The van der Waals surface area contributed by atoms with Crippen molar-refractivity contribution in [3.05, 3.63) is 77.1 Å². The lowest BCUT2D eigenvalue weighted by atomic mass is 9.94. The van der Waals surface area contributed by atoms with Gasteiger partial charge in [0.1, 0.15) is 17.1 Å². The fraction of sp³-hybridized carbons (Fsp3) is 0.231. The highest BCUT2D eigenvalue weighted by atomic mass is 16.5. The minimum absolute atomic E-state index is 0.0955. The lowest BCUT2D eigenvalue weighted by Gasteiger charge is -2.25. The van der Waals surface area contributed by atoms with Gasteiger partial charge in [0.2, 0.25) is 5.75 Å². The molecule has 0 fully saturated rings. The molecule has 0 saturated heterocycles. The number of phenolic OH excluding ortho intramolecular Hbond substituents is 1. The smallest absolute Gasteiger partial charge is 0.203 e. The van der Waals surface area contributed by atoms with E-state index in [1.165, 1.54) is 0 Å². The van der Waals surface area contributed by atoms with E-state index in [0.29, 0.717) is 34.1 Å². The number of benzene rings is 2. The fourth-order valence-corrected chi connectivity index (χ4v) is 3.97. The summed E-state index contributed by atoms with van der Waals surface area (Å²) in [7, 11) is 4.72.